The second-order valence-electron chi connectivity index (χ2n) is 4.62. The number of aromatic nitrogens is 1. The first-order valence-electron chi connectivity index (χ1n) is 6.18. The minimum atomic E-state index is -3.22. The van der Waals surface area contributed by atoms with E-state index >= 15 is 0 Å². The minimum absolute atomic E-state index is 0.268. The molecule has 1 aliphatic rings. The van der Waals surface area contributed by atoms with E-state index in [9.17, 15) is 8.42 Å². The molecule has 2 heterocycles. The summed E-state index contributed by atoms with van der Waals surface area (Å²) in [5.74, 6) is 0. The summed E-state index contributed by atoms with van der Waals surface area (Å²) in [7, 11) is -3.22. The third-order valence-corrected chi connectivity index (χ3v) is 5.23. The largest absolute Gasteiger partial charge is 0.317 e. The minimum Gasteiger partial charge on any atom is -0.317 e. The lowest BCUT2D eigenvalue weighted by Crippen LogP contribution is -2.41. The highest BCUT2D eigenvalue weighted by Crippen LogP contribution is 2.13. The van der Waals surface area contributed by atoms with Crippen molar-refractivity contribution in [1.82, 2.24) is 15.0 Å². The predicted octanol–water partition coefficient (Wildman–Crippen LogP) is 0.561. The van der Waals surface area contributed by atoms with Gasteiger partial charge >= 0.3 is 0 Å². The molecule has 0 spiro atoms. The van der Waals surface area contributed by atoms with Crippen LogP contribution in [0, 0.1) is 6.92 Å². The molecular formula is C12H19N3O2S. The number of hydrogen-bond acceptors (Lipinski definition) is 4. The van der Waals surface area contributed by atoms with Crippen molar-refractivity contribution in [2.24, 2.45) is 0 Å². The molecule has 2 rings (SSSR count). The van der Waals surface area contributed by atoms with Gasteiger partial charge in [-0.3, -0.25) is 4.98 Å². The summed E-state index contributed by atoms with van der Waals surface area (Å²) in [6.07, 6.45) is 4.78. The van der Waals surface area contributed by atoms with Gasteiger partial charge in [0.2, 0.25) is 10.0 Å². The molecule has 18 heavy (non-hydrogen) atoms. The highest BCUT2D eigenvalue weighted by atomic mass is 32.2. The molecule has 1 aromatic heterocycles. The molecule has 0 unspecified atom stereocenters. The second kappa shape index (κ2) is 5.77. The molecule has 0 aliphatic carbocycles. The molecule has 1 aliphatic heterocycles. The highest BCUT2D eigenvalue weighted by Gasteiger charge is 2.26. The molecule has 0 aromatic carbocycles. The fourth-order valence-corrected chi connectivity index (χ4v) is 3.53. The van der Waals surface area contributed by atoms with E-state index in [1.165, 1.54) is 0 Å². The van der Waals surface area contributed by atoms with Crippen molar-refractivity contribution >= 4 is 10.0 Å². The van der Waals surface area contributed by atoms with Gasteiger partial charge in [0.25, 0.3) is 0 Å². The van der Waals surface area contributed by atoms with Crippen LogP contribution < -0.4 is 10.0 Å². The highest BCUT2D eigenvalue weighted by molar-refractivity contribution is 7.90. The van der Waals surface area contributed by atoms with Crippen molar-refractivity contribution < 1.29 is 8.42 Å². The Morgan fingerprint density at radius 3 is 2.83 bits per heavy atom. The first-order valence-corrected chi connectivity index (χ1v) is 7.73. The van der Waals surface area contributed by atoms with Gasteiger partial charge in [-0.15, -0.1) is 0 Å². The first-order chi connectivity index (χ1) is 8.59. The van der Waals surface area contributed by atoms with Crippen LogP contribution in [-0.4, -0.2) is 31.7 Å². The lowest BCUT2D eigenvalue weighted by Gasteiger charge is -2.23. The van der Waals surface area contributed by atoms with Crippen LogP contribution in [0.25, 0.3) is 0 Å². The van der Waals surface area contributed by atoms with Gasteiger partial charge in [-0.05, 0) is 50.0 Å². The number of pyridine rings is 1. The zero-order valence-electron chi connectivity index (χ0n) is 10.5. The Labute approximate surface area is 108 Å². The molecule has 0 radical (unpaired) electrons. The Bertz CT molecular complexity index is 496. The molecule has 0 atom stereocenters. The average molecular weight is 269 g/mol. The summed E-state index contributed by atoms with van der Waals surface area (Å²) >= 11 is 0. The zero-order valence-corrected chi connectivity index (χ0v) is 11.3. The van der Waals surface area contributed by atoms with E-state index in [-0.39, 0.29) is 5.25 Å². The van der Waals surface area contributed by atoms with Crippen LogP contribution in [0.4, 0.5) is 0 Å². The Balaban J connectivity index is 1.98. The van der Waals surface area contributed by atoms with Crippen LogP contribution in [0.15, 0.2) is 18.5 Å². The van der Waals surface area contributed by atoms with Crippen LogP contribution in [0.5, 0.6) is 0 Å². The van der Waals surface area contributed by atoms with Crippen molar-refractivity contribution in [3.05, 3.63) is 29.6 Å². The van der Waals surface area contributed by atoms with Gasteiger partial charge < -0.3 is 5.32 Å². The average Bonchev–Trinajstić information content (AvgIpc) is 2.39. The fourth-order valence-electron chi connectivity index (χ4n) is 2.08. The Kier molecular flexibility index (Phi) is 4.31. The quantitative estimate of drug-likeness (QED) is 0.838. The molecule has 0 amide bonds. The van der Waals surface area contributed by atoms with E-state index in [0.717, 1.165) is 24.2 Å². The molecule has 1 aromatic rings. The van der Waals surface area contributed by atoms with E-state index in [1.807, 2.05) is 13.0 Å². The number of hydrogen-bond donors (Lipinski definition) is 2. The Hall–Kier alpha value is -0.980. The molecule has 2 N–H and O–H groups in total. The summed E-state index contributed by atoms with van der Waals surface area (Å²) < 4.78 is 26.9. The van der Waals surface area contributed by atoms with Crippen molar-refractivity contribution in [1.29, 1.82) is 0 Å². The summed E-state index contributed by atoms with van der Waals surface area (Å²) in [6.45, 7) is 3.83. The van der Waals surface area contributed by atoms with Gasteiger partial charge in [0, 0.05) is 18.9 Å². The molecular weight excluding hydrogens is 250 g/mol. The second-order valence-corrected chi connectivity index (χ2v) is 6.66. The standard InChI is InChI=1S/C12H19N3O2S/c1-10-2-5-14-8-11(10)9-15-18(16,17)12-3-6-13-7-4-12/h2,5,8,12-13,15H,3-4,6-7,9H2,1H3. The van der Waals surface area contributed by atoms with E-state index < -0.39 is 10.0 Å². The monoisotopic (exact) mass is 269 g/mol. The molecule has 5 nitrogen and oxygen atoms in total. The van der Waals surface area contributed by atoms with Gasteiger partial charge in [0.1, 0.15) is 0 Å². The van der Waals surface area contributed by atoms with Crippen molar-refractivity contribution in [2.75, 3.05) is 13.1 Å². The molecule has 1 fully saturated rings. The van der Waals surface area contributed by atoms with Crippen LogP contribution in [-0.2, 0) is 16.6 Å². The number of sulfonamides is 1. The number of rotatable bonds is 4. The molecule has 0 bridgehead atoms. The molecule has 1 saturated heterocycles. The lowest BCUT2D eigenvalue weighted by molar-refractivity contribution is 0.489. The van der Waals surface area contributed by atoms with E-state index in [2.05, 4.69) is 15.0 Å². The molecule has 0 saturated carbocycles. The van der Waals surface area contributed by atoms with Crippen molar-refractivity contribution in [2.45, 2.75) is 31.6 Å². The maximum Gasteiger partial charge on any atom is 0.214 e. The summed E-state index contributed by atoms with van der Waals surface area (Å²) in [6, 6.07) is 1.88. The number of nitrogens with zero attached hydrogens (tertiary/aromatic N) is 1. The third kappa shape index (κ3) is 3.28. The molecule has 100 valence electrons. The normalized spacial score (nSPS) is 17.8. The number of aryl methyl sites for hydroxylation is 1. The van der Waals surface area contributed by atoms with Gasteiger partial charge in [-0.25, -0.2) is 13.1 Å². The zero-order chi connectivity index (χ0) is 13.0. The Morgan fingerprint density at radius 1 is 1.44 bits per heavy atom. The number of piperidine rings is 1. The van der Waals surface area contributed by atoms with Crippen LogP contribution >= 0.6 is 0 Å². The summed E-state index contributed by atoms with van der Waals surface area (Å²) in [4.78, 5) is 4.01. The lowest BCUT2D eigenvalue weighted by atomic mass is 10.2. The maximum absolute atomic E-state index is 12.1. The van der Waals surface area contributed by atoms with Crippen LogP contribution in [0.2, 0.25) is 0 Å². The van der Waals surface area contributed by atoms with Gasteiger partial charge in [-0.1, -0.05) is 0 Å². The number of nitrogens with one attached hydrogen (secondary N) is 2. The SMILES string of the molecule is Cc1ccncc1CNS(=O)(=O)C1CCNCC1. The summed E-state index contributed by atoms with van der Waals surface area (Å²) in [5, 5.41) is 2.90. The van der Waals surface area contributed by atoms with Crippen molar-refractivity contribution in [3.8, 4) is 0 Å². The van der Waals surface area contributed by atoms with Gasteiger partial charge in [0.05, 0.1) is 5.25 Å². The van der Waals surface area contributed by atoms with Crippen LogP contribution in [0.1, 0.15) is 24.0 Å². The van der Waals surface area contributed by atoms with Gasteiger partial charge in [-0.2, -0.15) is 0 Å². The van der Waals surface area contributed by atoms with Gasteiger partial charge in [0.15, 0.2) is 0 Å². The van der Waals surface area contributed by atoms with E-state index in [4.69, 9.17) is 0 Å². The fraction of sp³-hybridized carbons (Fsp3) is 0.583. The van der Waals surface area contributed by atoms with Crippen LogP contribution in [0.3, 0.4) is 0 Å². The maximum atomic E-state index is 12.1. The van der Waals surface area contributed by atoms with Crippen molar-refractivity contribution in [3.63, 3.8) is 0 Å². The topological polar surface area (TPSA) is 71.1 Å². The smallest absolute Gasteiger partial charge is 0.214 e. The molecule has 6 heteroatoms. The predicted molar refractivity (Wildman–Crippen MR) is 70.6 cm³/mol. The summed E-state index contributed by atoms with van der Waals surface area (Å²) in [5.41, 5.74) is 1.98. The Morgan fingerprint density at radius 2 is 2.17 bits per heavy atom. The van der Waals surface area contributed by atoms with E-state index in [1.54, 1.807) is 12.4 Å². The first kappa shape index (κ1) is 13.5. The third-order valence-electron chi connectivity index (χ3n) is 3.34. The van der Waals surface area contributed by atoms with E-state index in [0.29, 0.717) is 19.4 Å².